The number of carbonyl (C=O) groups excluding carboxylic acids is 1. The molecular weight excluding hydrogens is 306 g/mol. The van der Waals surface area contributed by atoms with Crippen LogP contribution in [0.3, 0.4) is 0 Å². The van der Waals surface area contributed by atoms with Gasteiger partial charge in [-0.05, 0) is 43.4 Å². The number of thiazole rings is 1. The van der Waals surface area contributed by atoms with Gasteiger partial charge >= 0.3 is 0 Å². The van der Waals surface area contributed by atoms with Crippen LogP contribution in [0.2, 0.25) is 0 Å². The van der Waals surface area contributed by atoms with Crippen LogP contribution in [0.4, 0.5) is 5.13 Å². The van der Waals surface area contributed by atoms with E-state index in [0.29, 0.717) is 5.92 Å². The van der Waals surface area contributed by atoms with Crippen molar-refractivity contribution in [2.45, 2.75) is 33.6 Å². The normalized spacial score (nSPS) is 18.6. The van der Waals surface area contributed by atoms with Gasteiger partial charge in [-0.2, -0.15) is 0 Å². The maximum atomic E-state index is 12.3. The number of fused-ring (bicyclic) bond motifs is 1. The van der Waals surface area contributed by atoms with Crippen molar-refractivity contribution in [2.75, 3.05) is 24.5 Å². The zero-order valence-electron chi connectivity index (χ0n) is 14.1. The van der Waals surface area contributed by atoms with Gasteiger partial charge in [-0.15, -0.1) is 0 Å². The third kappa shape index (κ3) is 3.83. The second-order valence-electron chi connectivity index (χ2n) is 6.89. The van der Waals surface area contributed by atoms with Crippen molar-refractivity contribution in [2.24, 2.45) is 11.8 Å². The first kappa shape index (κ1) is 16.2. The molecule has 1 N–H and O–H groups in total. The largest absolute Gasteiger partial charge is 0.356 e. The summed E-state index contributed by atoms with van der Waals surface area (Å²) in [6.07, 6.45) is 2.03. The number of amides is 1. The lowest BCUT2D eigenvalue weighted by molar-refractivity contribution is -0.125. The molecule has 0 bridgehead atoms. The van der Waals surface area contributed by atoms with Gasteiger partial charge in [-0.1, -0.05) is 31.3 Å². The SMILES string of the molecule is Cc1ccc2nc(N3CCCC(C(=O)NCC(C)C)C3)sc2c1. The highest BCUT2D eigenvalue weighted by Crippen LogP contribution is 2.32. The summed E-state index contributed by atoms with van der Waals surface area (Å²) in [5.41, 5.74) is 2.32. The lowest BCUT2D eigenvalue weighted by atomic mass is 9.97. The molecule has 2 heterocycles. The van der Waals surface area contributed by atoms with E-state index in [1.165, 1.54) is 10.3 Å². The molecule has 1 aliphatic rings. The lowest BCUT2D eigenvalue weighted by Crippen LogP contribution is -2.43. The minimum Gasteiger partial charge on any atom is -0.356 e. The maximum absolute atomic E-state index is 12.3. The van der Waals surface area contributed by atoms with Crippen molar-refractivity contribution >= 4 is 32.6 Å². The molecule has 1 unspecified atom stereocenters. The van der Waals surface area contributed by atoms with Gasteiger partial charge in [-0.25, -0.2) is 4.98 Å². The number of anilines is 1. The molecule has 3 rings (SSSR count). The minimum atomic E-state index is 0.0799. The molecule has 124 valence electrons. The van der Waals surface area contributed by atoms with Gasteiger partial charge in [0, 0.05) is 19.6 Å². The number of hydrogen-bond acceptors (Lipinski definition) is 4. The van der Waals surface area contributed by atoms with E-state index in [9.17, 15) is 4.79 Å². The summed E-state index contributed by atoms with van der Waals surface area (Å²) in [5, 5.41) is 4.12. The van der Waals surface area contributed by atoms with Crippen molar-refractivity contribution < 1.29 is 4.79 Å². The summed E-state index contributed by atoms with van der Waals surface area (Å²) in [5.74, 6) is 0.766. The molecule has 0 radical (unpaired) electrons. The second kappa shape index (κ2) is 6.87. The van der Waals surface area contributed by atoms with Crippen LogP contribution in [0.1, 0.15) is 32.3 Å². The average molecular weight is 331 g/mol. The van der Waals surface area contributed by atoms with Crippen LogP contribution in [-0.4, -0.2) is 30.5 Å². The number of benzene rings is 1. The number of aromatic nitrogens is 1. The van der Waals surface area contributed by atoms with Crippen molar-refractivity contribution in [1.29, 1.82) is 0 Å². The number of aryl methyl sites for hydroxylation is 1. The van der Waals surface area contributed by atoms with E-state index < -0.39 is 0 Å². The van der Waals surface area contributed by atoms with Crippen molar-refractivity contribution in [3.8, 4) is 0 Å². The van der Waals surface area contributed by atoms with E-state index in [-0.39, 0.29) is 11.8 Å². The number of nitrogens with one attached hydrogen (secondary N) is 1. The third-order valence-corrected chi connectivity index (χ3v) is 5.36. The van der Waals surface area contributed by atoms with Gasteiger partial charge < -0.3 is 10.2 Å². The standard InChI is InChI=1S/C18H25N3OS/c1-12(2)10-19-17(22)14-5-4-8-21(11-14)18-20-15-7-6-13(3)9-16(15)23-18/h6-7,9,12,14H,4-5,8,10-11H2,1-3H3,(H,19,22). The van der Waals surface area contributed by atoms with Crippen LogP contribution in [0.25, 0.3) is 10.2 Å². The van der Waals surface area contributed by atoms with Crippen molar-refractivity contribution in [3.05, 3.63) is 23.8 Å². The summed E-state index contributed by atoms with van der Waals surface area (Å²) in [6.45, 7) is 8.88. The number of rotatable bonds is 4. The molecule has 1 aromatic heterocycles. The zero-order valence-corrected chi connectivity index (χ0v) is 14.9. The lowest BCUT2D eigenvalue weighted by Gasteiger charge is -2.31. The van der Waals surface area contributed by atoms with Crippen molar-refractivity contribution in [1.82, 2.24) is 10.3 Å². The summed E-state index contributed by atoms with van der Waals surface area (Å²) >= 11 is 1.73. The number of piperidine rings is 1. The molecule has 0 spiro atoms. The highest BCUT2D eigenvalue weighted by molar-refractivity contribution is 7.22. The average Bonchev–Trinajstić information content (AvgIpc) is 2.95. The van der Waals surface area contributed by atoms with Crippen LogP contribution < -0.4 is 10.2 Å². The van der Waals surface area contributed by atoms with Crippen LogP contribution >= 0.6 is 11.3 Å². The van der Waals surface area contributed by atoms with E-state index in [4.69, 9.17) is 4.98 Å². The second-order valence-corrected chi connectivity index (χ2v) is 7.90. The predicted octanol–water partition coefficient (Wildman–Crippen LogP) is 3.59. The van der Waals surface area contributed by atoms with E-state index in [1.807, 2.05) is 0 Å². The van der Waals surface area contributed by atoms with Crippen LogP contribution in [0, 0.1) is 18.8 Å². The highest BCUT2D eigenvalue weighted by atomic mass is 32.1. The molecule has 2 aromatic rings. The molecule has 1 saturated heterocycles. The molecule has 1 amide bonds. The maximum Gasteiger partial charge on any atom is 0.224 e. The topological polar surface area (TPSA) is 45.2 Å². The molecule has 1 aromatic carbocycles. The Bertz CT molecular complexity index is 695. The monoisotopic (exact) mass is 331 g/mol. The predicted molar refractivity (Wildman–Crippen MR) is 97.1 cm³/mol. The molecule has 5 heteroatoms. The van der Waals surface area contributed by atoms with Gasteiger partial charge in [0.2, 0.25) is 5.91 Å². The molecule has 1 atom stereocenters. The Morgan fingerprint density at radius 2 is 2.30 bits per heavy atom. The molecular formula is C18H25N3OS. The molecule has 4 nitrogen and oxygen atoms in total. The summed E-state index contributed by atoms with van der Waals surface area (Å²) in [4.78, 5) is 19.4. The summed E-state index contributed by atoms with van der Waals surface area (Å²) < 4.78 is 1.23. The fourth-order valence-corrected chi connectivity index (χ4v) is 4.07. The fraction of sp³-hybridized carbons (Fsp3) is 0.556. The summed E-state index contributed by atoms with van der Waals surface area (Å²) in [6, 6.07) is 6.37. The first-order valence-electron chi connectivity index (χ1n) is 8.43. The van der Waals surface area contributed by atoms with Gasteiger partial charge in [0.1, 0.15) is 0 Å². The minimum absolute atomic E-state index is 0.0799. The Hall–Kier alpha value is -1.62. The van der Waals surface area contributed by atoms with Gasteiger partial charge in [0.15, 0.2) is 5.13 Å². The highest BCUT2D eigenvalue weighted by Gasteiger charge is 2.27. The van der Waals surface area contributed by atoms with Gasteiger partial charge in [0.25, 0.3) is 0 Å². The quantitative estimate of drug-likeness (QED) is 0.931. The Kier molecular flexibility index (Phi) is 4.85. The molecule has 1 fully saturated rings. The molecule has 0 saturated carbocycles. The number of carbonyl (C=O) groups is 1. The van der Waals surface area contributed by atoms with E-state index in [0.717, 1.165) is 43.1 Å². The van der Waals surface area contributed by atoms with Gasteiger partial charge in [0.05, 0.1) is 16.1 Å². The van der Waals surface area contributed by atoms with E-state index in [1.54, 1.807) is 11.3 Å². The smallest absolute Gasteiger partial charge is 0.224 e. The van der Waals surface area contributed by atoms with E-state index >= 15 is 0 Å². The Labute approximate surface area is 141 Å². The molecule has 1 aliphatic heterocycles. The van der Waals surface area contributed by atoms with Gasteiger partial charge in [-0.3, -0.25) is 4.79 Å². The molecule has 0 aliphatic carbocycles. The van der Waals surface area contributed by atoms with Crippen molar-refractivity contribution in [3.63, 3.8) is 0 Å². The van der Waals surface area contributed by atoms with Crippen LogP contribution in [0.5, 0.6) is 0 Å². The number of hydrogen-bond donors (Lipinski definition) is 1. The molecule has 23 heavy (non-hydrogen) atoms. The first-order valence-corrected chi connectivity index (χ1v) is 9.24. The van der Waals surface area contributed by atoms with Crippen LogP contribution in [-0.2, 0) is 4.79 Å². The Morgan fingerprint density at radius 3 is 3.09 bits per heavy atom. The Balaban J connectivity index is 1.70. The first-order chi connectivity index (χ1) is 11.0. The summed E-state index contributed by atoms with van der Waals surface area (Å²) in [7, 11) is 0. The van der Waals surface area contributed by atoms with E-state index in [2.05, 4.69) is 49.2 Å². The Morgan fingerprint density at radius 1 is 1.48 bits per heavy atom. The fourth-order valence-electron chi connectivity index (χ4n) is 2.97. The third-order valence-electron chi connectivity index (χ3n) is 4.28. The van der Waals surface area contributed by atoms with Crippen LogP contribution in [0.15, 0.2) is 18.2 Å². The zero-order chi connectivity index (χ0) is 16.4. The number of nitrogens with zero attached hydrogens (tertiary/aromatic N) is 2.